The van der Waals surface area contributed by atoms with Gasteiger partial charge in [-0.25, -0.2) is 0 Å². The number of ether oxygens (including phenoxy) is 3. The molecule has 1 fully saturated rings. The summed E-state index contributed by atoms with van der Waals surface area (Å²) in [5.41, 5.74) is 1.57. The Morgan fingerprint density at radius 1 is 1.04 bits per heavy atom. The zero-order chi connectivity index (χ0) is 20.1. The molecular formula is C21H24N2O5. The molecule has 2 amide bonds. The van der Waals surface area contributed by atoms with Crippen molar-refractivity contribution >= 4 is 17.5 Å². The Hall–Kier alpha value is -3.22. The minimum atomic E-state index is -0.405. The van der Waals surface area contributed by atoms with E-state index in [0.717, 1.165) is 5.56 Å². The summed E-state index contributed by atoms with van der Waals surface area (Å²) >= 11 is 0. The molecule has 1 unspecified atom stereocenters. The van der Waals surface area contributed by atoms with Crippen molar-refractivity contribution in [3.63, 3.8) is 0 Å². The van der Waals surface area contributed by atoms with E-state index in [1.165, 1.54) is 0 Å². The van der Waals surface area contributed by atoms with E-state index in [-0.39, 0.29) is 18.2 Å². The molecule has 0 aromatic heterocycles. The summed E-state index contributed by atoms with van der Waals surface area (Å²) in [6.07, 6.45) is 0.176. The van der Waals surface area contributed by atoms with E-state index in [9.17, 15) is 9.59 Å². The van der Waals surface area contributed by atoms with Crippen LogP contribution in [0.25, 0.3) is 0 Å². The molecule has 7 nitrogen and oxygen atoms in total. The average molecular weight is 384 g/mol. The maximum Gasteiger partial charge on any atom is 0.227 e. The van der Waals surface area contributed by atoms with E-state index in [1.807, 2.05) is 30.3 Å². The van der Waals surface area contributed by atoms with Crippen molar-refractivity contribution in [3.05, 3.63) is 48.0 Å². The normalized spacial score (nSPS) is 16.0. The predicted molar refractivity (Wildman–Crippen MR) is 105 cm³/mol. The second-order valence-electron chi connectivity index (χ2n) is 6.48. The summed E-state index contributed by atoms with van der Waals surface area (Å²) in [4.78, 5) is 26.7. The first kappa shape index (κ1) is 19.5. The van der Waals surface area contributed by atoms with Crippen LogP contribution in [-0.2, 0) is 16.1 Å². The lowest BCUT2D eigenvalue weighted by Gasteiger charge is -2.19. The lowest BCUT2D eigenvalue weighted by atomic mass is 10.1. The summed E-state index contributed by atoms with van der Waals surface area (Å²) < 4.78 is 15.8. The van der Waals surface area contributed by atoms with E-state index in [2.05, 4.69) is 5.32 Å². The molecule has 7 heteroatoms. The van der Waals surface area contributed by atoms with E-state index in [4.69, 9.17) is 14.2 Å². The Morgan fingerprint density at radius 3 is 2.46 bits per heavy atom. The van der Waals surface area contributed by atoms with Crippen LogP contribution >= 0.6 is 0 Å². The number of para-hydroxylation sites is 2. The van der Waals surface area contributed by atoms with Crippen LogP contribution in [0.4, 0.5) is 5.69 Å². The fourth-order valence-corrected chi connectivity index (χ4v) is 3.29. The molecule has 1 atom stereocenters. The third-order valence-electron chi connectivity index (χ3n) is 4.79. The van der Waals surface area contributed by atoms with E-state index in [1.54, 1.807) is 38.4 Å². The van der Waals surface area contributed by atoms with Gasteiger partial charge >= 0.3 is 0 Å². The number of anilines is 1. The Morgan fingerprint density at radius 2 is 1.75 bits per heavy atom. The third kappa shape index (κ3) is 4.03. The number of hydrogen-bond donors (Lipinski definition) is 1. The van der Waals surface area contributed by atoms with E-state index in [0.29, 0.717) is 36.0 Å². The van der Waals surface area contributed by atoms with Crippen LogP contribution in [-0.4, -0.2) is 39.7 Å². The van der Waals surface area contributed by atoms with Gasteiger partial charge in [0.25, 0.3) is 0 Å². The van der Waals surface area contributed by atoms with Crippen LogP contribution in [0.1, 0.15) is 12.0 Å². The molecule has 2 aromatic rings. The van der Waals surface area contributed by atoms with E-state index >= 15 is 0 Å². The summed E-state index contributed by atoms with van der Waals surface area (Å²) in [5.74, 6) is 1.20. The minimum Gasteiger partial charge on any atom is -0.495 e. The molecule has 0 radical (unpaired) electrons. The highest BCUT2D eigenvalue weighted by atomic mass is 16.5. The first-order valence-corrected chi connectivity index (χ1v) is 8.99. The van der Waals surface area contributed by atoms with Gasteiger partial charge < -0.3 is 24.4 Å². The first-order chi connectivity index (χ1) is 13.6. The van der Waals surface area contributed by atoms with Crippen molar-refractivity contribution in [2.75, 3.05) is 32.8 Å². The zero-order valence-corrected chi connectivity index (χ0v) is 16.2. The molecule has 0 spiro atoms. The number of rotatable bonds is 7. The summed E-state index contributed by atoms with van der Waals surface area (Å²) in [5, 5.41) is 2.91. The fourth-order valence-electron chi connectivity index (χ4n) is 3.29. The van der Waals surface area contributed by atoms with Gasteiger partial charge in [0.05, 0.1) is 32.9 Å². The lowest BCUT2D eigenvalue weighted by molar-refractivity contribution is -0.126. The van der Waals surface area contributed by atoms with Crippen molar-refractivity contribution in [3.8, 4) is 17.2 Å². The molecule has 1 aliphatic heterocycles. The van der Waals surface area contributed by atoms with Gasteiger partial charge in [0.1, 0.15) is 5.75 Å². The highest BCUT2D eigenvalue weighted by molar-refractivity contribution is 6.01. The minimum absolute atomic E-state index is 0.0873. The van der Waals surface area contributed by atoms with Crippen LogP contribution in [0.2, 0.25) is 0 Å². The van der Waals surface area contributed by atoms with Crippen molar-refractivity contribution in [2.45, 2.75) is 13.0 Å². The summed E-state index contributed by atoms with van der Waals surface area (Å²) in [6, 6.07) is 12.8. The highest BCUT2D eigenvalue weighted by Crippen LogP contribution is 2.33. The Kier molecular flexibility index (Phi) is 6.03. The van der Waals surface area contributed by atoms with Gasteiger partial charge in [0.2, 0.25) is 11.8 Å². The Bertz CT molecular complexity index is 868. The molecular weight excluding hydrogens is 360 g/mol. The molecule has 2 aromatic carbocycles. The number of methoxy groups -OCH3 is 3. The second kappa shape index (κ2) is 8.65. The van der Waals surface area contributed by atoms with Crippen LogP contribution in [0.15, 0.2) is 42.5 Å². The fraction of sp³-hybridized carbons (Fsp3) is 0.333. The monoisotopic (exact) mass is 384 g/mol. The van der Waals surface area contributed by atoms with Gasteiger partial charge in [-0.1, -0.05) is 18.2 Å². The molecule has 28 heavy (non-hydrogen) atoms. The summed E-state index contributed by atoms with van der Waals surface area (Å²) in [6.45, 7) is 0.676. The SMILES string of the molecule is COc1ccc(CNC(=O)C2CC(=O)N(c3ccccc3OC)C2)cc1OC. The molecule has 1 aliphatic rings. The largest absolute Gasteiger partial charge is 0.495 e. The first-order valence-electron chi connectivity index (χ1n) is 8.99. The maximum atomic E-state index is 12.6. The Balaban J connectivity index is 1.64. The van der Waals surface area contributed by atoms with Gasteiger partial charge in [-0.2, -0.15) is 0 Å². The number of carbonyl (C=O) groups excluding carboxylic acids is 2. The number of hydrogen-bond acceptors (Lipinski definition) is 5. The third-order valence-corrected chi connectivity index (χ3v) is 4.79. The molecule has 148 valence electrons. The van der Waals surface area contributed by atoms with Gasteiger partial charge in [0.15, 0.2) is 11.5 Å². The number of nitrogens with zero attached hydrogens (tertiary/aromatic N) is 1. The average Bonchev–Trinajstić information content (AvgIpc) is 3.13. The van der Waals surface area contributed by atoms with Crippen LogP contribution in [0, 0.1) is 5.92 Å². The number of amides is 2. The highest BCUT2D eigenvalue weighted by Gasteiger charge is 2.36. The van der Waals surface area contributed by atoms with Crippen molar-refractivity contribution in [2.24, 2.45) is 5.92 Å². The van der Waals surface area contributed by atoms with Crippen LogP contribution in [0.5, 0.6) is 17.2 Å². The molecule has 0 saturated carbocycles. The number of carbonyl (C=O) groups is 2. The van der Waals surface area contributed by atoms with Gasteiger partial charge in [-0.05, 0) is 29.8 Å². The molecule has 1 N–H and O–H groups in total. The Labute approximate surface area is 164 Å². The standard InChI is InChI=1S/C21H24N2O5/c1-26-17-7-5-4-6-16(17)23-13-15(11-20(23)24)21(25)22-12-14-8-9-18(27-2)19(10-14)28-3/h4-10,15H,11-13H2,1-3H3,(H,22,25). The van der Waals surface area contributed by atoms with Crippen molar-refractivity contribution in [1.82, 2.24) is 5.32 Å². The van der Waals surface area contributed by atoms with Gasteiger partial charge in [0, 0.05) is 19.5 Å². The molecule has 1 saturated heterocycles. The molecule has 1 heterocycles. The summed E-state index contributed by atoms with van der Waals surface area (Å²) in [7, 11) is 4.70. The topological polar surface area (TPSA) is 77.1 Å². The second-order valence-corrected chi connectivity index (χ2v) is 6.48. The van der Waals surface area contributed by atoms with Gasteiger partial charge in [-0.15, -0.1) is 0 Å². The van der Waals surface area contributed by atoms with Crippen molar-refractivity contribution < 1.29 is 23.8 Å². The molecule has 0 aliphatic carbocycles. The smallest absolute Gasteiger partial charge is 0.227 e. The quantitative estimate of drug-likeness (QED) is 0.793. The predicted octanol–water partition coefficient (Wildman–Crippen LogP) is 2.38. The van der Waals surface area contributed by atoms with E-state index < -0.39 is 5.92 Å². The van der Waals surface area contributed by atoms with Crippen LogP contribution in [0.3, 0.4) is 0 Å². The maximum absolute atomic E-state index is 12.6. The van der Waals surface area contributed by atoms with Gasteiger partial charge in [-0.3, -0.25) is 9.59 Å². The molecule has 0 bridgehead atoms. The number of nitrogens with one attached hydrogen (secondary N) is 1. The van der Waals surface area contributed by atoms with Crippen molar-refractivity contribution in [1.29, 1.82) is 0 Å². The lowest BCUT2D eigenvalue weighted by Crippen LogP contribution is -2.32. The number of benzene rings is 2. The zero-order valence-electron chi connectivity index (χ0n) is 16.2. The van der Waals surface area contributed by atoms with Crippen LogP contribution < -0.4 is 24.4 Å². The molecule has 3 rings (SSSR count).